The first kappa shape index (κ1) is 25.5. The van der Waals surface area contributed by atoms with E-state index in [0.717, 1.165) is 11.1 Å². The molecule has 4 rings (SSSR count). The van der Waals surface area contributed by atoms with Gasteiger partial charge in [0.05, 0.1) is 14.2 Å². The van der Waals surface area contributed by atoms with Crippen LogP contribution in [-0.2, 0) is 17.8 Å². The summed E-state index contributed by atoms with van der Waals surface area (Å²) in [6.07, 6.45) is 4.02. The third-order valence-corrected chi connectivity index (χ3v) is 6.03. The Kier molecular flexibility index (Phi) is 8.55. The number of amides is 1. The van der Waals surface area contributed by atoms with E-state index >= 15 is 0 Å². The number of methoxy groups -OCH3 is 2. The van der Waals surface area contributed by atoms with E-state index in [9.17, 15) is 9.59 Å². The highest BCUT2D eigenvalue weighted by Gasteiger charge is 2.21. The number of ether oxygens (including phenoxy) is 2. The molecular formula is C31H30N2O4. The van der Waals surface area contributed by atoms with Crippen LogP contribution in [0.25, 0.3) is 11.8 Å². The number of carbonyl (C=O) groups excluding carboxylic acids is 1. The van der Waals surface area contributed by atoms with E-state index in [-0.39, 0.29) is 17.2 Å². The Balaban J connectivity index is 1.76. The predicted molar refractivity (Wildman–Crippen MR) is 146 cm³/mol. The minimum atomic E-state index is -0.287. The van der Waals surface area contributed by atoms with Crippen LogP contribution in [0.15, 0.2) is 108 Å². The fourth-order valence-corrected chi connectivity index (χ4v) is 4.09. The lowest BCUT2D eigenvalue weighted by Crippen LogP contribution is -2.36. The van der Waals surface area contributed by atoms with E-state index in [1.165, 1.54) is 10.6 Å². The fourth-order valence-electron chi connectivity index (χ4n) is 4.09. The molecule has 0 aliphatic rings. The van der Waals surface area contributed by atoms with Crippen LogP contribution in [0, 0.1) is 0 Å². The summed E-state index contributed by atoms with van der Waals surface area (Å²) in [5, 5.41) is 0. The van der Waals surface area contributed by atoms with E-state index < -0.39 is 0 Å². The summed E-state index contributed by atoms with van der Waals surface area (Å²) in [4.78, 5) is 28.8. The summed E-state index contributed by atoms with van der Waals surface area (Å²) in [6.45, 7) is 0.903. The van der Waals surface area contributed by atoms with Gasteiger partial charge in [-0.3, -0.25) is 14.2 Å². The van der Waals surface area contributed by atoms with Gasteiger partial charge in [-0.15, -0.1) is 0 Å². The van der Waals surface area contributed by atoms with Gasteiger partial charge < -0.3 is 14.4 Å². The molecule has 0 atom stereocenters. The minimum Gasteiger partial charge on any atom is -0.493 e. The van der Waals surface area contributed by atoms with Crippen molar-refractivity contribution in [1.29, 1.82) is 0 Å². The summed E-state index contributed by atoms with van der Waals surface area (Å²) in [7, 11) is 3.13. The standard InChI is InChI=1S/C31H30N2O4/c1-36-28-17-16-26(22-29(28)37-2)21-27(33-19-10-9-15-30(33)34)31(35)32(23-25-13-7-4-8-14-25)20-18-24-11-5-3-6-12-24/h3-17,19,21-22H,18,20,23H2,1-2H3/b27-21+. The smallest absolute Gasteiger partial charge is 0.271 e. The lowest BCUT2D eigenvalue weighted by atomic mass is 10.1. The number of hydrogen-bond acceptors (Lipinski definition) is 4. The van der Waals surface area contributed by atoms with Gasteiger partial charge in [0.25, 0.3) is 11.5 Å². The van der Waals surface area contributed by atoms with Crippen LogP contribution in [-0.4, -0.2) is 36.1 Å². The Morgan fingerprint density at radius 1 is 0.811 bits per heavy atom. The number of aromatic nitrogens is 1. The molecule has 0 N–H and O–H groups in total. The molecule has 0 saturated carbocycles. The SMILES string of the molecule is COc1ccc(/C=C(\C(=O)N(CCc2ccccc2)Cc2ccccc2)n2ccccc2=O)cc1OC. The molecule has 0 unspecified atom stereocenters. The van der Waals surface area contributed by atoms with E-state index in [2.05, 4.69) is 0 Å². The van der Waals surface area contributed by atoms with Crippen molar-refractivity contribution in [3.05, 3.63) is 130 Å². The van der Waals surface area contributed by atoms with Gasteiger partial charge in [-0.25, -0.2) is 0 Å². The van der Waals surface area contributed by atoms with E-state index in [4.69, 9.17) is 9.47 Å². The van der Waals surface area contributed by atoms with Crippen molar-refractivity contribution in [2.24, 2.45) is 0 Å². The topological polar surface area (TPSA) is 60.8 Å². The zero-order valence-electron chi connectivity index (χ0n) is 21.0. The third-order valence-electron chi connectivity index (χ3n) is 6.03. The first-order valence-electron chi connectivity index (χ1n) is 12.1. The summed E-state index contributed by atoms with van der Waals surface area (Å²) in [6, 6.07) is 30.1. The maximum Gasteiger partial charge on any atom is 0.271 e. The summed E-state index contributed by atoms with van der Waals surface area (Å²) >= 11 is 0. The molecular weight excluding hydrogens is 464 g/mol. The number of pyridine rings is 1. The number of hydrogen-bond donors (Lipinski definition) is 0. The first-order chi connectivity index (χ1) is 18.1. The van der Waals surface area contributed by atoms with Gasteiger partial charge in [0.15, 0.2) is 11.5 Å². The van der Waals surface area contributed by atoms with Crippen LogP contribution in [0.3, 0.4) is 0 Å². The highest BCUT2D eigenvalue weighted by molar-refractivity contribution is 6.18. The van der Waals surface area contributed by atoms with Crippen LogP contribution in [0.5, 0.6) is 11.5 Å². The van der Waals surface area contributed by atoms with Crippen LogP contribution >= 0.6 is 0 Å². The molecule has 0 aliphatic heterocycles. The molecule has 1 heterocycles. The molecule has 4 aromatic rings. The second-order valence-corrected chi connectivity index (χ2v) is 8.50. The molecule has 0 spiro atoms. The summed E-state index contributed by atoms with van der Waals surface area (Å²) < 4.78 is 12.2. The minimum absolute atomic E-state index is 0.247. The molecule has 3 aromatic carbocycles. The van der Waals surface area contributed by atoms with Crippen molar-refractivity contribution in [3.8, 4) is 11.5 Å². The molecule has 0 bridgehead atoms. The summed E-state index contributed by atoms with van der Waals surface area (Å²) in [5.41, 5.74) is 2.82. The monoisotopic (exact) mass is 494 g/mol. The van der Waals surface area contributed by atoms with Crippen LogP contribution in [0.1, 0.15) is 16.7 Å². The lowest BCUT2D eigenvalue weighted by molar-refractivity contribution is -0.126. The molecule has 188 valence electrons. The molecule has 1 amide bonds. The van der Waals surface area contributed by atoms with Gasteiger partial charge in [-0.1, -0.05) is 72.8 Å². The van der Waals surface area contributed by atoms with Gasteiger partial charge in [-0.05, 0) is 47.4 Å². The van der Waals surface area contributed by atoms with Crippen molar-refractivity contribution in [3.63, 3.8) is 0 Å². The van der Waals surface area contributed by atoms with Gasteiger partial charge >= 0.3 is 0 Å². The molecule has 0 saturated heterocycles. The largest absolute Gasteiger partial charge is 0.493 e. The van der Waals surface area contributed by atoms with Crippen LogP contribution in [0.2, 0.25) is 0 Å². The molecule has 0 aliphatic carbocycles. The second kappa shape index (κ2) is 12.4. The Morgan fingerprint density at radius 2 is 1.46 bits per heavy atom. The molecule has 0 fully saturated rings. The molecule has 6 nitrogen and oxygen atoms in total. The van der Waals surface area contributed by atoms with E-state index in [1.807, 2.05) is 66.7 Å². The molecule has 1 aromatic heterocycles. The number of rotatable bonds is 10. The predicted octanol–water partition coefficient (Wildman–Crippen LogP) is 5.14. The van der Waals surface area contributed by atoms with Crippen molar-refractivity contribution in [1.82, 2.24) is 9.47 Å². The average Bonchev–Trinajstić information content (AvgIpc) is 2.95. The zero-order valence-corrected chi connectivity index (χ0v) is 21.0. The van der Waals surface area contributed by atoms with Crippen LogP contribution < -0.4 is 15.0 Å². The van der Waals surface area contributed by atoms with Crippen LogP contribution in [0.4, 0.5) is 0 Å². The normalized spacial score (nSPS) is 11.1. The number of benzene rings is 3. The van der Waals surface area contributed by atoms with Crippen molar-refractivity contribution < 1.29 is 14.3 Å². The highest BCUT2D eigenvalue weighted by Crippen LogP contribution is 2.29. The Morgan fingerprint density at radius 3 is 2.11 bits per heavy atom. The second-order valence-electron chi connectivity index (χ2n) is 8.50. The van der Waals surface area contributed by atoms with Gasteiger partial charge in [0, 0.05) is 25.4 Å². The maximum atomic E-state index is 14.1. The molecule has 6 heteroatoms. The Bertz CT molecular complexity index is 1410. The highest BCUT2D eigenvalue weighted by atomic mass is 16.5. The van der Waals surface area contributed by atoms with E-state index in [1.54, 1.807) is 55.7 Å². The number of carbonyl (C=O) groups is 1. The number of nitrogens with zero attached hydrogens (tertiary/aromatic N) is 2. The van der Waals surface area contributed by atoms with Gasteiger partial charge in [-0.2, -0.15) is 0 Å². The quantitative estimate of drug-likeness (QED) is 0.287. The molecule has 37 heavy (non-hydrogen) atoms. The van der Waals surface area contributed by atoms with Gasteiger partial charge in [0.2, 0.25) is 0 Å². The fraction of sp³-hybridized carbons (Fsp3) is 0.161. The van der Waals surface area contributed by atoms with Crippen molar-refractivity contribution in [2.45, 2.75) is 13.0 Å². The van der Waals surface area contributed by atoms with E-state index in [0.29, 0.717) is 36.6 Å². The Hall–Kier alpha value is -4.58. The Labute approximate surface area is 217 Å². The molecule has 0 radical (unpaired) electrons. The zero-order chi connectivity index (χ0) is 26.0. The first-order valence-corrected chi connectivity index (χ1v) is 12.1. The summed E-state index contributed by atoms with van der Waals surface area (Å²) in [5.74, 6) is 0.870. The van der Waals surface area contributed by atoms with Crippen molar-refractivity contribution in [2.75, 3.05) is 20.8 Å². The van der Waals surface area contributed by atoms with Crippen molar-refractivity contribution >= 4 is 17.7 Å². The third kappa shape index (κ3) is 6.55. The lowest BCUT2D eigenvalue weighted by Gasteiger charge is -2.25. The average molecular weight is 495 g/mol. The maximum absolute atomic E-state index is 14.1. The van der Waals surface area contributed by atoms with Gasteiger partial charge in [0.1, 0.15) is 5.70 Å².